The van der Waals surface area contributed by atoms with Crippen LogP contribution in [0.15, 0.2) is 33.5 Å². The Bertz CT molecular complexity index is 1170. The second-order valence-corrected chi connectivity index (χ2v) is 12.3. The van der Waals surface area contributed by atoms with Gasteiger partial charge < -0.3 is 14.0 Å². The number of hydrogen-bond donors (Lipinski definition) is 0. The van der Waals surface area contributed by atoms with Gasteiger partial charge in [-0.2, -0.15) is 0 Å². The molecule has 1 aliphatic rings. The van der Waals surface area contributed by atoms with Crippen LogP contribution in [0.2, 0.25) is 0 Å². The second-order valence-electron chi connectivity index (χ2n) is 10.4. The number of hydrogen-bond acceptors (Lipinski definition) is 8. The summed E-state index contributed by atoms with van der Waals surface area (Å²) in [5.41, 5.74) is 4.39. The third-order valence-electron chi connectivity index (χ3n) is 6.56. The SMILES string of the molecule is Cc1ccsc1C(=CCCN(C)C1CCCc2onc(OCOC(=O)C(C)(C)C)c21)c1sccc1C. The summed E-state index contributed by atoms with van der Waals surface area (Å²) in [6.45, 7) is 10.5. The number of nitrogens with zero attached hydrogens (tertiary/aromatic N) is 2. The van der Waals surface area contributed by atoms with Crippen LogP contribution in [0.25, 0.3) is 5.57 Å². The van der Waals surface area contributed by atoms with Crippen molar-refractivity contribution in [1.29, 1.82) is 0 Å². The van der Waals surface area contributed by atoms with Crippen molar-refractivity contribution >= 4 is 34.2 Å². The predicted octanol–water partition coefficient (Wildman–Crippen LogP) is 7.17. The van der Waals surface area contributed by atoms with Crippen LogP contribution in [0.1, 0.15) is 78.3 Å². The van der Waals surface area contributed by atoms with Gasteiger partial charge in [0.15, 0.2) is 0 Å². The molecule has 0 spiro atoms. The molecule has 0 amide bonds. The van der Waals surface area contributed by atoms with E-state index in [9.17, 15) is 4.79 Å². The highest BCUT2D eigenvalue weighted by atomic mass is 32.1. The van der Waals surface area contributed by atoms with Crippen LogP contribution in [0.3, 0.4) is 0 Å². The molecule has 36 heavy (non-hydrogen) atoms. The van der Waals surface area contributed by atoms with Crippen molar-refractivity contribution < 1.29 is 18.8 Å². The van der Waals surface area contributed by atoms with E-state index in [1.54, 1.807) is 0 Å². The summed E-state index contributed by atoms with van der Waals surface area (Å²) >= 11 is 3.62. The highest BCUT2D eigenvalue weighted by Gasteiger charge is 2.32. The lowest BCUT2D eigenvalue weighted by molar-refractivity contribution is -0.159. The molecule has 1 aliphatic carbocycles. The third kappa shape index (κ3) is 5.93. The van der Waals surface area contributed by atoms with Crippen molar-refractivity contribution in [2.24, 2.45) is 5.41 Å². The van der Waals surface area contributed by atoms with Crippen molar-refractivity contribution in [3.8, 4) is 5.88 Å². The summed E-state index contributed by atoms with van der Waals surface area (Å²) in [6, 6.07) is 4.54. The minimum absolute atomic E-state index is 0.150. The minimum atomic E-state index is -0.578. The van der Waals surface area contributed by atoms with Gasteiger partial charge in [0.1, 0.15) is 5.76 Å². The van der Waals surface area contributed by atoms with E-state index >= 15 is 0 Å². The molecule has 0 saturated carbocycles. The fourth-order valence-electron chi connectivity index (χ4n) is 4.48. The monoisotopic (exact) mass is 528 g/mol. The number of carbonyl (C=O) groups is 1. The molecular weight excluding hydrogens is 492 g/mol. The van der Waals surface area contributed by atoms with E-state index in [4.69, 9.17) is 14.0 Å². The molecule has 1 atom stereocenters. The molecule has 4 rings (SSSR count). The molecule has 0 aromatic carbocycles. The van der Waals surface area contributed by atoms with Gasteiger partial charge in [0.05, 0.1) is 11.0 Å². The van der Waals surface area contributed by atoms with Crippen LogP contribution in [0, 0.1) is 19.3 Å². The summed E-state index contributed by atoms with van der Waals surface area (Å²) in [5, 5.41) is 8.50. The zero-order valence-electron chi connectivity index (χ0n) is 22.1. The summed E-state index contributed by atoms with van der Waals surface area (Å²) < 4.78 is 16.7. The number of aryl methyl sites for hydroxylation is 3. The Morgan fingerprint density at radius 1 is 1.19 bits per heavy atom. The van der Waals surface area contributed by atoms with Crippen molar-refractivity contribution in [2.45, 2.75) is 66.3 Å². The average molecular weight is 529 g/mol. The number of carbonyl (C=O) groups excluding carboxylic acids is 1. The van der Waals surface area contributed by atoms with E-state index in [0.717, 1.165) is 43.6 Å². The maximum Gasteiger partial charge on any atom is 0.314 e. The molecule has 8 heteroatoms. The third-order valence-corrected chi connectivity index (χ3v) is 8.66. The quantitative estimate of drug-likeness (QED) is 0.217. The van der Waals surface area contributed by atoms with Crippen LogP contribution in [-0.2, 0) is 16.0 Å². The number of ether oxygens (including phenoxy) is 2. The first kappa shape index (κ1) is 26.6. The summed E-state index contributed by atoms with van der Waals surface area (Å²) in [5.74, 6) is 0.996. The van der Waals surface area contributed by atoms with Gasteiger partial charge >= 0.3 is 5.97 Å². The Hall–Kier alpha value is -2.42. The van der Waals surface area contributed by atoms with Crippen LogP contribution < -0.4 is 4.74 Å². The van der Waals surface area contributed by atoms with Crippen molar-refractivity contribution in [3.05, 3.63) is 61.2 Å². The lowest BCUT2D eigenvalue weighted by Crippen LogP contribution is -2.29. The van der Waals surface area contributed by atoms with Gasteiger partial charge in [0.25, 0.3) is 5.88 Å². The fourth-order valence-corrected chi connectivity index (χ4v) is 6.49. The Labute approximate surface area is 221 Å². The van der Waals surface area contributed by atoms with Crippen molar-refractivity contribution in [1.82, 2.24) is 10.1 Å². The lowest BCUT2D eigenvalue weighted by Gasteiger charge is -2.30. The summed E-state index contributed by atoms with van der Waals surface area (Å²) in [6.07, 6.45) is 6.20. The first-order valence-electron chi connectivity index (χ1n) is 12.4. The van der Waals surface area contributed by atoms with Gasteiger partial charge in [-0.25, -0.2) is 0 Å². The second kappa shape index (κ2) is 11.3. The first-order valence-corrected chi connectivity index (χ1v) is 14.2. The Balaban J connectivity index is 1.46. The highest BCUT2D eigenvalue weighted by molar-refractivity contribution is 7.14. The number of aromatic nitrogens is 1. The molecule has 0 N–H and O–H groups in total. The van der Waals surface area contributed by atoms with E-state index in [-0.39, 0.29) is 18.8 Å². The first-order chi connectivity index (χ1) is 17.2. The van der Waals surface area contributed by atoms with E-state index in [1.807, 2.05) is 43.4 Å². The maximum absolute atomic E-state index is 12.1. The largest absolute Gasteiger partial charge is 0.437 e. The fraction of sp³-hybridized carbons (Fsp3) is 0.500. The maximum atomic E-state index is 12.1. The Morgan fingerprint density at radius 3 is 2.44 bits per heavy atom. The molecule has 6 nitrogen and oxygen atoms in total. The molecular formula is C28H36N2O4S2. The Morgan fingerprint density at radius 2 is 1.86 bits per heavy atom. The van der Waals surface area contributed by atoms with Crippen LogP contribution in [-0.4, -0.2) is 36.4 Å². The average Bonchev–Trinajstić information content (AvgIpc) is 3.56. The summed E-state index contributed by atoms with van der Waals surface area (Å²) in [4.78, 5) is 17.1. The van der Waals surface area contributed by atoms with Gasteiger partial charge in [-0.15, -0.1) is 22.7 Å². The normalized spacial score (nSPS) is 15.6. The van der Waals surface area contributed by atoms with E-state index in [1.165, 1.54) is 26.5 Å². The molecule has 3 aromatic rings. The van der Waals surface area contributed by atoms with Crippen molar-refractivity contribution in [2.75, 3.05) is 20.4 Å². The Kier molecular flexibility index (Phi) is 8.37. The molecule has 3 aromatic heterocycles. The van der Waals surface area contributed by atoms with Crippen LogP contribution in [0.4, 0.5) is 0 Å². The molecule has 3 heterocycles. The zero-order valence-corrected chi connectivity index (χ0v) is 23.7. The molecule has 0 bridgehead atoms. The van der Waals surface area contributed by atoms with Gasteiger partial charge in [0.2, 0.25) is 6.79 Å². The molecule has 194 valence electrons. The van der Waals surface area contributed by atoms with Crippen molar-refractivity contribution in [3.63, 3.8) is 0 Å². The smallest absolute Gasteiger partial charge is 0.314 e. The molecule has 0 saturated heterocycles. The minimum Gasteiger partial charge on any atom is -0.437 e. The van der Waals surface area contributed by atoms with Gasteiger partial charge in [-0.3, -0.25) is 9.69 Å². The number of fused-ring (bicyclic) bond motifs is 1. The molecule has 0 aliphatic heterocycles. The topological polar surface area (TPSA) is 64.8 Å². The number of thiophene rings is 2. The molecule has 0 radical (unpaired) electrons. The number of rotatable bonds is 9. The van der Waals surface area contributed by atoms with E-state index < -0.39 is 5.41 Å². The number of esters is 1. The predicted molar refractivity (Wildman–Crippen MR) is 146 cm³/mol. The molecule has 0 fully saturated rings. The van der Waals surface area contributed by atoms with E-state index in [0.29, 0.717) is 5.88 Å². The molecule has 1 unspecified atom stereocenters. The van der Waals surface area contributed by atoms with Crippen LogP contribution >= 0.6 is 22.7 Å². The highest BCUT2D eigenvalue weighted by Crippen LogP contribution is 2.40. The van der Waals surface area contributed by atoms with E-state index in [2.05, 4.69) is 59.9 Å². The van der Waals surface area contributed by atoms with Gasteiger partial charge in [-0.05, 0) is 100 Å². The van der Waals surface area contributed by atoms with Gasteiger partial charge in [0, 0.05) is 34.3 Å². The summed E-state index contributed by atoms with van der Waals surface area (Å²) in [7, 11) is 2.15. The standard InChI is InChI=1S/C28H36N2O4S2/c1-18-12-15-35-24(18)20(25-19(2)13-16-36-25)9-8-14-30(6)21-10-7-11-22-23(21)26(29-34-22)32-17-33-27(31)28(3,4)5/h9,12-13,15-16,21H,7-8,10-11,14,17H2,1-6H3. The lowest BCUT2D eigenvalue weighted by atomic mass is 9.92. The van der Waals surface area contributed by atoms with Gasteiger partial charge in [-0.1, -0.05) is 6.08 Å². The zero-order chi connectivity index (χ0) is 25.9. The van der Waals surface area contributed by atoms with Crippen LogP contribution in [0.5, 0.6) is 5.88 Å².